The summed E-state index contributed by atoms with van der Waals surface area (Å²) in [5, 5.41) is 0. The summed E-state index contributed by atoms with van der Waals surface area (Å²) in [6.07, 6.45) is -4.75. The molecule has 0 aromatic heterocycles. The second kappa shape index (κ2) is 6.01. The standard InChI is InChI=1S/C14H11F4NO2/c15-12-2-1-3-13(11(12)8-19)20-9-4-6-10(7-5-9)21-14(16,17)18/h1-7H,8,19H2. The fourth-order valence-electron chi connectivity index (χ4n) is 1.67. The highest BCUT2D eigenvalue weighted by atomic mass is 19.4. The Morgan fingerprint density at radius 1 is 0.952 bits per heavy atom. The summed E-state index contributed by atoms with van der Waals surface area (Å²) < 4.78 is 58.7. The van der Waals surface area contributed by atoms with Crippen LogP contribution in [0.1, 0.15) is 5.56 Å². The van der Waals surface area contributed by atoms with Gasteiger partial charge in [0.15, 0.2) is 0 Å². The lowest BCUT2D eigenvalue weighted by Crippen LogP contribution is -2.16. The SMILES string of the molecule is NCc1c(F)cccc1Oc1ccc(OC(F)(F)F)cc1. The molecular weight excluding hydrogens is 290 g/mol. The van der Waals surface area contributed by atoms with Crippen molar-refractivity contribution < 1.29 is 27.0 Å². The third-order valence-corrected chi connectivity index (χ3v) is 2.57. The normalized spacial score (nSPS) is 11.3. The highest BCUT2D eigenvalue weighted by Gasteiger charge is 2.30. The summed E-state index contributed by atoms with van der Waals surface area (Å²) in [7, 11) is 0. The number of hydrogen-bond donors (Lipinski definition) is 1. The number of nitrogens with two attached hydrogens (primary N) is 1. The van der Waals surface area contributed by atoms with E-state index < -0.39 is 12.2 Å². The second-order valence-corrected chi connectivity index (χ2v) is 4.04. The molecule has 0 fully saturated rings. The van der Waals surface area contributed by atoms with E-state index in [1.807, 2.05) is 0 Å². The van der Waals surface area contributed by atoms with E-state index in [2.05, 4.69) is 4.74 Å². The molecule has 0 saturated carbocycles. The molecule has 112 valence electrons. The van der Waals surface area contributed by atoms with Crippen molar-refractivity contribution in [3.8, 4) is 17.2 Å². The van der Waals surface area contributed by atoms with Crippen molar-refractivity contribution in [2.24, 2.45) is 5.73 Å². The zero-order chi connectivity index (χ0) is 15.5. The lowest BCUT2D eigenvalue weighted by molar-refractivity contribution is -0.274. The lowest BCUT2D eigenvalue weighted by atomic mass is 10.2. The van der Waals surface area contributed by atoms with E-state index in [-0.39, 0.29) is 29.4 Å². The van der Waals surface area contributed by atoms with Gasteiger partial charge in [0.1, 0.15) is 23.1 Å². The number of rotatable bonds is 4. The summed E-state index contributed by atoms with van der Waals surface area (Å²) in [6, 6.07) is 8.98. The van der Waals surface area contributed by atoms with Crippen LogP contribution in [0, 0.1) is 5.82 Å². The minimum absolute atomic E-state index is 0.0583. The number of alkyl halides is 3. The Balaban J connectivity index is 2.16. The maximum Gasteiger partial charge on any atom is 0.573 e. The molecule has 7 heteroatoms. The van der Waals surface area contributed by atoms with Crippen LogP contribution in [0.5, 0.6) is 17.2 Å². The van der Waals surface area contributed by atoms with Gasteiger partial charge in [-0.15, -0.1) is 13.2 Å². The Morgan fingerprint density at radius 2 is 1.57 bits per heavy atom. The highest BCUT2D eigenvalue weighted by molar-refractivity contribution is 5.40. The van der Waals surface area contributed by atoms with Crippen molar-refractivity contribution in [1.82, 2.24) is 0 Å². The minimum atomic E-state index is -4.75. The maximum absolute atomic E-state index is 13.5. The van der Waals surface area contributed by atoms with Gasteiger partial charge in [-0.05, 0) is 36.4 Å². The number of hydrogen-bond acceptors (Lipinski definition) is 3. The van der Waals surface area contributed by atoms with Crippen LogP contribution in [-0.2, 0) is 6.54 Å². The van der Waals surface area contributed by atoms with Gasteiger partial charge < -0.3 is 15.2 Å². The summed E-state index contributed by atoms with van der Waals surface area (Å²) in [4.78, 5) is 0. The second-order valence-electron chi connectivity index (χ2n) is 4.04. The van der Waals surface area contributed by atoms with E-state index >= 15 is 0 Å². The maximum atomic E-state index is 13.5. The van der Waals surface area contributed by atoms with E-state index in [1.165, 1.54) is 30.3 Å². The lowest BCUT2D eigenvalue weighted by Gasteiger charge is -2.12. The van der Waals surface area contributed by atoms with E-state index in [9.17, 15) is 17.6 Å². The molecule has 0 radical (unpaired) electrons. The first-order chi connectivity index (χ1) is 9.89. The Morgan fingerprint density at radius 3 is 2.14 bits per heavy atom. The van der Waals surface area contributed by atoms with Crippen LogP contribution >= 0.6 is 0 Å². The highest BCUT2D eigenvalue weighted by Crippen LogP contribution is 2.29. The molecule has 2 rings (SSSR count). The van der Waals surface area contributed by atoms with Crippen LogP contribution in [0.15, 0.2) is 42.5 Å². The molecule has 0 aliphatic heterocycles. The van der Waals surface area contributed by atoms with Gasteiger partial charge in [-0.2, -0.15) is 0 Å². The van der Waals surface area contributed by atoms with E-state index in [4.69, 9.17) is 10.5 Å². The molecular formula is C14H11F4NO2. The molecule has 0 saturated heterocycles. The molecule has 2 N–H and O–H groups in total. The van der Waals surface area contributed by atoms with Crippen LogP contribution in [-0.4, -0.2) is 6.36 Å². The number of benzene rings is 2. The molecule has 0 amide bonds. The van der Waals surface area contributed by atoms with Crippen LogP contribution in [0.3, 0.4) is 0 Å². The predicted molar refractivity (Wildman–Crippen MR) is 67.5 cm³/mol. The molecule has 2 aromatic carbocycles. The number of halogens is 4. The van der Waals surface area contributed by atoms with Crippen LogP contribution in [0.2, 0.25) is 0 Å². The average Bonchev–Trinajstić information content (AvgIpc) is 2.40. The zero-order valence-electron chi connectivity index (χ0n) is 10.7. The van der Waals surface area contributed by atoms with Crippen LogP contribution in [0.4, 0.5) is 17.6 Å². The molecule has 0 bridgehead atoms. The molecule has 0 atom stereocenters. The van der Waals surface area contributed by atoms with Crippen molar-refractivity contribution in [3.63, 3.8) is 0 Å². The van der Waals surface area contributed by atoms with Gasteiger partial charge in [-0.25, -0.2) is 4.39 Å². The molecule has 0 unspecified atom stereocenters. The van der Waals surface area contributed by atoms with Gasteiger partial charge in [0, 0.05) is 12.1 Å². The molecule has 0 heterocycles. The summed E-state index contributed by atoms with van der Waals surface area (Å²) in [5.74, 6) is -0.424. The monoisotopic (exact) mass is 301 g/mol. The van der Waals surface area contributed by atoms with Crippen molar-refractivity contribution in [1.29, 1.82) is 0 Å². The summed E-state index contributed by atoms with van der Waals surface area (Å²) in [6.45, 7) is -0.0583. The van der Waals surface area contributed by atoms with Crippen LogP contribution < -0.4 is 15.2 Å². The number of ether oxygens (including phenoxy) is 2. The van der Waals surface area contributed by atoms with Crippen molar-refractivity contribution >= 4 is 0 Å². The Hall–Kier alpha value is -2.28. The van der Waals surface area contributed by atoms with Crippen LogP contribution in [0.25, 0.3) is 0 Å². The van der Waals surface area contributed by atoms with Gasteiger partial charge in [0.2, 0.25) is 0 Å². The molecule has 0 aliphatic rings. The molecule has 21 heavy (non-hydrogen) atoms. The topological polar surface area (TPSA) is 44.5 Å². The largest absolute Gasteiger partial charge is 0.573 e. The van der Waals surface area contributed by atoms with E-state index in [1.54, 1.807) is 0 Å². The smallest absolute Gasteiger partial charge is 0.457 e. The first kappa shape index (κ1) is 15.1. The molecule has 0 aliphatic carbocycles. The van der Waals surface area contributed by atoms with Gasteiger partial charge in [-0.3, -0.25) is 0 Å². The summed E-state index contributed by atoms with van der Waals surface area (Å²) in [5.41, 5.74) is 5.62. The average molecular weight is 301 g/mol. The van der Waals surface area contributed by atoms with Gasteiger partial charge in [0.25, 0.3) is 0 Å². The van der Waals surface area contributed by atoms with Crippen molar-refractivity contribution in [2.75, 3.05) is 0 Å². The first-order valence-electron chi connectivity index (χ1n) is 5.90. The van der Waals surface area contributed by atoms with Gasteiger partial charge in [0.05, 0.1) is 0 Å². The Kier molecular flexibility index (Phi) is 4.32. The Bertz CT molecular complexity index is 611. The van der Waals surface area contributed by atoms with Gasteiger partial charge >= 0.3 is 6.36 Å². The first-order valence-corrected chi connectivity index (χ1v) is 5.90. The fraction of sp³-hybridized carbons (Fsp3) is 0.143. The summed E-state index contributed by atoms with van der Waals surface area (Å²) >= 11 is 0. The molecule has 3 nitrogen and oxygen atoms in total. The van der Waals surface area contributed by atoms with E-state index in [0.29, 0.717) is 0 Å². The van der Waals surface area contributed by atoms with Crippen molar-refractivity contribution in [2.45, 2.75) is 12.9 Å². The molecule has 0 spiro atoms. The fourth-order valence-corrected chi connectivity index (χ4v) is 1.67. The Labute approximate surface area is 117 Å². The zero-order valence-corrected chi connectivity index (χ0v) is 10.7. The minimum Gasteiger partial charge on any atom is -0.457 e. The predicted octanol–water partition coefficient (Wildman–Crippen LogP) is 3.98. The van der Waals surface area contributed by atoms with Gasteiger partial charge in [-0.1, -0.05) is 6.07 Å². The molecule has 2 aromatic rings. The van der Waals surface area contributed by atoms with E-state index in [0.717, 1.165) is 12.1 Å². The quantitative estimate of drug-likeness (QED) is 0.869. The third-order valence-electron chi connectivity index (χ3n) is 2.57. The van der Waals surface area contributed by atoms with Crippen molar-refractivity contribution in [3.05, 3.63) is 53.8 Å². The third kappa shape index (κ3) is 4.09.